The van der Waals surface area contributed by atoms with Crippen LogP contribution >= 0.6 is 11.3 Å². The van der Waals surface area contributed by atoms with Gasteiger partial charge in [0.15, 0.2) is 0 Å². The number of nitrogens with two attached hydrogens (primary N) is 1. The first kappa shape index (κ1) is 25.2. The van der Waals surface area contributed by atoms with Crippen LogP contribution in [0.3, 0.4) is 0 Å². The van der Waals surface area contributed by atoms with Crippen molar-refractivity contribution in [2.75, 3.05) is 7.05 Å². The van der Waals surface area contributed by atoms with Crippen molar-refractivity contribution in [1.29, 1.82) is 0 Å². The van der Waals surface area contributed by atoms with E-state index in [1.807, 2.05) is 19.2 Å². The number of aliphatic hydroxyl groups is 3. The molecule has 0 unspecified atom stereocenters. The summed E-state index contributed by atoms with van der Waals surface area (Å²) in [6.07, 6.45) is -3.43. The number of likely N-dealkylation sites (N-methyl/N-ethyl adjacent to an activating group) is 1. The number of rotatable bonds is 9. The van der Waals surface area contributed by atoms with Crippen LogP contribution in [0.15, 0.2) is 17.5 Å². The maximum absolute atomic E-state index is 12.9. The van der Waals surface area contributed by atoms with Gasteiger partial charge in [0.25, 0.3) is 5.91 Å². The predicted octanol–water partition coefficient (Wildman–Crippen LogP) is -1.76. The Morgan fingerprint density at radius 2 is 1.97 bits per heavy atom. The summed E-state index contributed by atoms with van der Waals surface area (Å²) in [6, 6.07) is 0.918. The monoisotopic (exact) mass is 456 g/mol. The SMILES string of the molecule is CN[C@H](C(=O)N[C@@H]1C[C@@](O)(C(=O)N[C@@H](Cc2cccs2)C(N)=O)C[C@@H](O)[C@@H]1O)C(C)C. The molecule has 31 heavy (non-hydrogen) atoms. The fourth-order valence-electron chi connectivity index (χ4n) is 3.81. The molecular weight excluding hydrogens is 424 g/mol. The molecule has 0 saturated heterocycles. The molecule has 2 rings (SSSR count). The quantitative estimate of drug-likeness (QED) is 0.230. The summed E-state index contributed by atoms with van der Waals surface area (Å²) in [4.78, 5) is 38.1. The van der Waals surface area contributed by atoms with Crippen molar-refractivity contribution in [2.24, 2.45) is 11.7 Å². The van der Waals surface area contributed by atoms with Gasteiger partial charge in [0.1, 0.15) is 17.7 Å². The fraction of sp³-hybridized carbons (Fsp3) is 0.650. The maximum Gasteiger partial charge on any atom is 0.252 e. The van der Waals surface area contributed by atoms with Gasteiger partial charge in [-0.25, -0.2) is 0 Å². The molecule has 11 heteroatoms. The van der Waals surface area contributed by atoms with Crippen LogP contribution in [0.5, 0.6) is 0 Å². The number of hydrogen-bond donors (Lipinski definition) is 7. The predicted molar refractivity (Wildman–Crippen MR) is 115 cm³/mol. The van der Waals surface area contributed by atoms with E-state index < -0.39 is 60.1 Å². The van der Waals surface area contributed by atoms with Crippen LogP contribution < -0.4 is 21.7 Å². The number of nitrogens with one attached hydrogen (secondary N) is 3. The molecule has 0 bridgehead atoms. The summed E-state index contributed by atoms with van der Waals surface area (Å²) < 4.78 is 0. The molecule has 0 aromatic carbocycles. The molecule has 1 saturated carbocycles. The Balaban J connectivity index is 2.13. The van der Waals surface area contributed by atoms with Gasteiger partial charge in [-0.3, -0.25) is 14.4 Å². The smallest absolute Gasteiger partial charge is 0.252 e. The average Bonchev–Trinajstić information content (AvgIpc) is 3.18. The molecule has 0 spiro atoms. The lowest BCUT2D eigenvalue weighted by atomic mass is 9.77. The Bertz CT molecular complexity index is 774. The molecule has 6 atom stereocenters. The zero-order chi connectivity index (χ0) is 23.3. The summed E-state index contributed by atoms with van der Waals surface area (Å²) in [7, 11) is 1.62. The third-order valence-corrected chi connectivity index (χ3v) is 6.45. The second kappa shape index (κ2) is 10.5. The van der Waals surface area contributed by atoms with Gasteiger partial charge in [0.2, 0.25) is 11.8 Å². The van der Waals surface area contributed by atoms with Gasteiger partial charge in [0.05, 0.1) is 18.2 Å². The highest BCUT2D eigenvalue weighted by atomic mass is 32.1. The van der Waals surface area contributed by atoms with E-state index in [0.717, 1.165) is 4.88 Å². The van der Waals surface area contributed by atoms with Gasteiger partial charge < -0.3 is 37.0 Å². The van der Waals surface area contributed by atoms with Crippen LogP contribution in [0.25, 0.3) is 0 Å². The van der Waals surface area contributed by atoms with Gasteiger partial charge >= 0.3 is 0 Å². The lowest BCUT2D eigenvalue weighted by Gasteiger charge is -2.42. The second-order valence-electron chi connectivity index (χ2n) is 8.34. The molecule has 1 fully saturated rings. The van der Waals surface area contributed by atoms with E-state index in [-0.39, 0.29) is 18.8 Å². The van der Waals surface area contributed by atoms with E-state index in [1.54, 1.807) is 19.2 Å². The maximum atomic E-state index is 12.9. The van der Waals surface area contributed by atoms with Crippen molar-refractivity contribution in [3.63, 3.8) is 0 Å². The highest BCUT2D eigenvalue weighted by molar-refractivity contribution is 7.09. The normalized spacial score (nSPS) is 28.0. The molecule has 0 aliphatic heterocycles. The first-order valence-corrected chi connectivity index (χ1v) is 11.0. The topological polar surface area (TPSA) is 174 Å². The number of hydrogen-bond acceptors (Lipinski definition) is 8. The van der Waals surface area contributed by atoms with E-state index in [0.29, 0.717) is 0 Å². The summed E-state index contributed by atoms with van der Waals surface area (Å²) >= 11 is 1.40. The van der Waals surface area contributed by atoms with Gasteiger partial charge in [-0.15, -0.1) is 11.3 Å². The number of thiophene rings is 1. The number of primary amides is 1. The lowest BCUT2D eigenvalue weighted by molar-refractivity contribution is -0.161. The largest absolute Gasteiger partial charge is 0.390 e. The number of carbonyl (C=O) groups excluding carboxylic acids is 3. The molecular formula is C20H32N4O6S. The van der Waals surface area contributed by atoms with Gasteiger partial charge in [0, 0.05) is 24.1 Å². The average molecular weight is 457 g/mol. The Labute approximate surface area is 185 Å². The third-order valence-electron chi connectivity index (χ3n) is 5.56. The van der Waals surface area contributed by atoms with Crippen molar-refractivity contribution >= 4 is 29.1 Å². The molecule has 0 radical (unpaired) electrons. The Morgan fingerprint density at radius 1 is 1.29 bits per heavy atom. The Hall–Kier alpha value is -2.05. The van der Waals surface area contributed by atoms with Gasteiger partial charge in [-0.1, -0.05) is 19.9 Å². The first-order chi connectivity index (χ1) is 14.5. The molecule has 1 heterocycles. The zero-order valence-electron chi connectivity index (χ0n) is 17.9. The van der Waals surface area contributed by atoms with Crippen molar-refractivity contribution in [3.8, 4) is 0 Å². The molecule has 1 aromatic rings. The number of carbonyl (C=O) groups is 3. The molecule has 3 amide bonds. The number of aliphatic hydroxyl groups excluding tert-OH is 2. The zero-order valence-corrected chi connectivity index (χ0v) is 18.7. The fourth-order valence-corrected chi connectivity index (χ4v) is 4.56. The van der Waals surface area contributed by atoms with E-state index in [4.69, 9.17) is 5.73 Å². The van der Waals surface area contributed by atoms with Crippen molar-refractivity contribution in [1.82, 2.24) is 16.0 Å². The van der Waals surface area contributed by atoms with Gasteiger partial charge in [-0.05, 0) is 24.4 Å². The van der Waals surface area contributed by atoms with E-state index in [2.05, 4.69) is 16.0 Å². The van der Waals surface area contributed by atoms with Crippen LogP contribution in [0.4, 0.5) is 0 Å². The summed E-state index contributed by atoms with van der Waals surface area (Å²) in [6.45, 7) is 3.68. The highest BCUT2D eigenvalue weighted by Gasteiger charge is 2.50. The van der Waals surface area contributed by atoms with E-state index in [1.165, 1.54) is 11.3 Å². The van der Waals surface area contributed by atoms with E-state index in [9.17, 15) is 29.7 Å². The molecule has 1 aromatic heterocycles. The molecule has 1 aliphatic carbocycles. The molecule has 174 valence electrons. The third kappa shape index (κ3) is 6.23. The molecule has 8 N–H and O–H groups in total. The summed E-state index contributed by atoms with van der Waals surface area (Å²) in [5.41, 5.74) is 3.31. The van der Waals surface area contributed by atoms with Crippen LogP contribution in [0.1, 0.15) is 31.6 Å². The van der Waals surface area contributed by atoms with Crippen LogP contribution in [0.2, 0.25) is 0 Å². The Kier molecular flexibility index (Phi) is 8.55. The minimum absolute atomic E-state index is 0.0496. The molecule has 1 aliphatic rings. The standard InChI is InChI=1S/C20H32N4O6S/c1-10(2)15(22-3)18(28)23-13-8-20(30,9-14(25)16(13)26)19(29)24-12(17(21)27)7-11-5-4-6-31-11/h4-6,10,12-16,22,25-26,30H,7-9H2,1-3H3,(H2,21,27)(H,23,28)(H,24,29)/t12-,13+,14+,15-,16+,20-/m0/s1. The Morgan fingerprint density at radius 3 is 2.48 bits per heavy atom. The first-order valence-electron chi connectivity index (χ1n) is 10.2. The lowest BCUT2D eigenvalue weighted by Crippen LogP contribution is -2.65. The van der Waals surface area contributed by atoms with Crippen LogP contribution in [-0.2, 0) is 20.8 Å². The van der Waals surface area contributed by atoms with Crippen molar-refractivity contribution < 1.29 is 29.7 Å². The summed E-state index contributed by atoms with van der Waals surface area (Å²) in [5.74, 6) is -2.13. The number of amides is 3. The minimum atomic E-state index is -2.10. The highest BCUT2D eigenvalue weighted by Crippen LogP contribution is 2.30. The molecule has 10 nitrogen and oxygen atoms in total. The van der Waals surface area contributed by atoms with Crippen molar-refractivity contribution in [2.45, 2.75) is 69.0 Å². The minimum Gasteiger partial charge on any atom is -0.390 e. The second-order valence-corrected chi connectivity index (χ2v) is 9.37. The van der Waals surface area contributed by atoms with Crippen LogP contribution in [0, 0.1) is 5.92 Å². The van der Waals surface area contributed by atoms with Crippen molar-refractivity contribution in [3.05, 3.63) is 22.4 Å². The van der Waals surface area contributed by atoms with E-state index >= 15 is 0 Å². The summed E-state index contributed by atoms with van der Waals surface area (Å²) in [5, 5.41) is 41.3. The van der Waals surface area contributed by atoms with Gasteiger partial charge in [-0.2, -0.15) is 0 Å². The van der Waals surface area contributed by atoms with Crippen LogP contribution in [-0.4, -0.2) is 76.0 Å².